The second kappa shape index (κ2) is 108. The minimum absolute atomic E-state index is 0.476. The van der Waals surface area contributed by atoms with E-state index >= 15 is 0 Å². The summed E-state index contributed by atoms with van der Waals surface area (Å²) >= 11 is 0. The Kier molecular flexibility index (Phi) is 102. The highest BCUT2D eigenvalue weighted by atomic mass is 16.6. The molecule has 0 aliphatic carbocycles. The molecule has 0 bridgehead atoms. The Bertz CT molecular complexity index is 2020. The van der Waals surface area contributed by atoms with Crippen LogP contribution in [0.1, 0.15) is 11.1 Å². The van der Waals surface area contributed by atoms with E-state index < -0.39 is 0 Å². The summed E-state index contributed by atoms with van der Waals surface area (Å²) in [4.78, 5) is 0. The van der Waals surface area contributed by atoms with Gasteiger partial charge in [0.15, 0.2) is 0 Å². The maximum Gasteiger partial charge on any atom is 0.0718 e. The zero-order valence-electron chi connectivity index (χ0n) is 74.2. The van der Waals surface area contributed by atoms with Gasteiger partial charge in [0, 0.05) is 0 Å². The highest BCUT2D eigenvalue weighted by Crippen LogP contribution is 2.03. The van der Waals surface area contributed by atoms with Crippen molar-refractivity contribution in [1.29, 1.82) is 0 Å². The smallest absolute Gasteiger partial charge is 0.0718 e. The average molecular weight is 1780 g/mol. The van der Waals surface area contributed by atoms with Crippen LogP contribution in [0, 0.1) is 0 Å². The number of benzene rings is 2. The maximum absolute atomic E-state index is 5.59. The van der Waals surface area contributed by atoms with Gasteiger partial charge in [0.05, 0.1) is 489 Å². The van der Waals surface area contributed by atoms with E-state index in [0.717, 1.165) is 11.1 Å². The van der Waals surface area contributed by atoms with Gasteiger partial charge in [-0.25, -0.2) is 0 Å². The fourth-order valence-corrected chi connectivity index (χ4v) is 9.34. The molecule has 37 nitrogen and oxygen atoms in total. The first-order valence-electron chi connectivity index (χ1n) is 43.9. The molecule has 0 aliphatic rings. The fourth-order valence-electron chi connectivity index (χ4n) is 9.34. The van der Waals surface area contributed by atoms with Crippen molar-refractivity contribution in [3.05, 3.63) is 71.8 Å². The summed E-state index contributed by atoms with van der Waals surface area (Å²) in [6.45, 7) is 36.4. The van der Waals surface area contributed by atoms with Crippen LogP contribution >= 0.6 is 0 Å². The Balaban J connectivity index is 1.07. The van der Waals surface area contributed by atoms with Gasteiger partial charge < -0.3 is 175 Å². The first-order valence-corrected chi connectivity index (χ1v) is 43.9. The molecule has 0 fully saturated rings. The molecule has 0 aromatic heterocycles. The standard InChI is InChI=1S/C86H158O37/c1-3-7-85(8-4-1)83-122-81-79-120-77-75-118-73-71-116-69-67-114-65-63-112-61-59-110-57-55-108-53-51-106-49-47-104-45-43-102-41-39-100-37-35-98-33-31-96-29-27-94-25-23-92-21-19-90-17-15-88-13-11-87-12-14-89-16-18-91-20-22-93-24-26-95-28-30-97-32-34-99-36-38-101-40-42-103-44-46-105-48-50-107-52-54-109-56-58-111-60-62-113-64-66-115-68-70-117-72-74-119-76-78-121-80-82-123-84-86-9-5-2-6-10-86/h1-10H,11-84H2. The zero-order chi connectivity index (χ0) is 86.7. The molecule has 2 aromatic rings. The second-order valence-electron chi connectivity index (χ2n) is 25.5. The van der Waals surface area contributed by atoms with Crippen molar-refractivity contribution in [3.8, 4) is 0 Å². The van der Waals surface area contributed by atoms with Gasteiger partial charge in [0.25, 0.3) is 0 Å². The Morgan fingerprint density at radius 2 is 0.146 bits per heavy atom. The average Bonchev–Trinajstić information content (AvgIpc) is 0.971. The summed E-state index contributed by atoms with van der Waals surface area (Å²) in [6.07, 6.45) is 0. The molecule has 0 heterocycles. The van der Waals surface area contributed by atoms with Gasteiger partial charge in [-0.2, -0.15) is 0 Å². The molecule has 724 valence electrons. The number of hydrogen-bond acceptors (Lipinski definition) is 37. The number of hydrogen-bond donors (Lipinski definition) is 0. The SMILES string of the molecule is c1ccc(COCCOCCOCCOCCOCCOCCOCCOCCOCCOCCOCCOCCOCCOCCOCCOCCOCCOCCOCCOCCOCCOCCOCCOCCOCCOCCOCCOCCOCCOCCOCCOCCOCCOCCOCCOCCOCc2ccccc2)cc1. The minimum Gasteiger partial charge on any atom is -0.377 e. The van der Waals surface area contributed by atoms with E-state index in [9.17, 15) is 0 Å². The highest BCUT2D eigenvalue weighted by Gasteiger charge is 2.05. The molecule has 0 radical (unpaired) electrons. The number of ether oxygens (including phenoxy) is 37. The Morgan fingerprint density at radius 3 is 0.220 bits per heavy atom. The Labute approximate surface area is 733 Å². The molecule has 0 unspecified atom stereocenters. The number of rotatable bonds is 112. The lowest BCUT2D eigenvalue weighted by atomic mass is 10.2. The summed E-state index contributed by atoms with van der Waals surface area (Å²) in [5.41, 5.74) is 2.30. The first-order chi connectivity index (χ1) is 61.4. The summed E-state index contributed by atoms with van der Waals surface area (Å²) in [6, 6.07) is 20.1. The fraction of sp³-hybridized carbons (Fsp3) is 0.860. The van der Waals surface area contributed by atoms with Crippen molar-refractivity contribution in [2.24, 2.45) is 0 Å². The predicted octanol–water partition coefficient (Wildman–Crippen LogP) is 4.00. The van der Waals surface area contributed by atoms with Crippen LogP contribution in [0.4, 0.5) is 0 Å². The van der Waals surface area contributed by atoms with E-state index in [1.165, 1.54) is 0 Å². The largest absolute Gasteiger partial charge is 0.377 e. The molecule has 123 heavy (non-hydrogen) atoms. The second-order valence-corrected chi connectivity index (χ2v) is 25.5. The van der Waals surface area contributed by atoms with Crippen LogP contribution in [0.3, 0.4) is 0 Å². The molecular weight excluding hydrogens is 1620 g/mol. The van der Waals surface area contributed by atoms with Gasteiger partial charge in [-0.15, -0.1) is 0 Å². The first kappa shape index (κ1) is 116. The van der Waals surface area contributed by atoms with Crippen LogP contribution in [0.15, 0.2) is 60.7 Å². The van der Waals surface area contributed by atoms with Crippen molar-refractivity contribution in [2.75, 3.05) is 476 Å². The Morgan fingerprint density at radius 1 is 0.0813 bits per heavy atom. The van der Waals surface area contributed by atoms with E-state index in [4.69, 9.17) is 175 Å². The molecule has 2 aromatic carbocycles. The van der Waals surface area contributed by atoms with Crippen LogP contribution in [0.2, 0.25) is 0 Å². The quantitative estimate of drug-likeness (QED) is 0.0845. The third-order valence-corrected chi connectivity index (χ3v) is 15.6. The molecule has 0 atom stereocenters. The summed E-state index contributed by atoms with van der Waals surface area (Å²) in [5.74, 6) is 0. The van der Waals surface area contributed by atoms with Crippen LogP contribution in [0.25, 0.3) is 0 Å². The normalized spacial score (nSPS) is 11.8. The topological polar surface area (TPSA) is 342 Å². The Hall–Kier alpha value is -3.04. The van der Waals surface area contributed by atoms with Gasteiger partial charge in [-0.05, 0) is 11.1 Å². The van der Waals surface area contributed by atoms with E-state index in [1.54, 1.807) is 0 Å². The molecule has 2 rings (SSSR count). The maximum atomic E-state index is 5.59. The van der Waals surface area contributed by atoms with E-state index in [2.05, 4.69) is 0 Å². The van der Waals surface area contributed by atoms with Crippen molar-refractivity contribution in [1.82, 2.24) is 0 Å². The zero-order valence-corrected chi connectivity index (χ0v) is 74.2. The van der Waals surface area contributed by atoms with Crippen molar-refractivity contribution in [3.63, 3.8) is 0 Å². The lowest BCUT2D eigenvalue weighted by Crippen LogP contribution is -2.16. The van der Waals surface area contributed by atoms with Crippen molar-refractivity contribution in [2.45, 2.75) is 13.2 Å². The van der Waals surface area contributed by atoms with Gasteiger partial charge in [0.1, 0.15) is 0 Å². The van der Waals surface area contributed by atoms with Gasteiger partial charge in [0.2, 0.25) is 0 Å². The monoisotopic (exact) mass is 1780 g/mol. The van der Waals surface area contributed by atoms with E-state index in [0.29, 0.717) is 489 Å². The predicted molar refractivity (Wildman–Crippen MR) is 451 cm³/mol. The lowest BCUT2D eigenvalue weighted by molar-refractivity contribution is -0.0328. The molecule has 0 spiro atoms. The summed E-state index contributed by atoms with van der Waals surface area (Å²) in [7, 11) is 0. The van der Waals surface area contributed by atoms with Crippen molar-refractivity contribution >= 4 is 0 Å². The minimum atomic E-state index is 0.476. The molecule has 37 heteroatoms. The van der Waals surface area contributed by atoms with Crippen LogP contribution in [0.5, 0.6) is 0 Å². The van der Waals surface area contributed by atoms with E-state index in [-0.39, 0.29) is 0 Å². The van der Waals surface area contributed by atoms with Crippen LogP contribution in [-0.2, 0) is 188 Å². The van der Waals surface area contributed by atoms with Gasteiger partial charge in [-0.1, -0.05) is 60.7 Å². The van der Waals surface area contributed by atoms with Crippen LogP contribution < -0.4 is 0 Å². The molecular formula is C86H158O37. The lowest BCUT2D eigenvalue weighted by Gasteiger charge is -2.09. The van der Waals surface area contributed by atoms with E-state index in [1.807, 2.05) is 60.7 Å². The molecule has 0 aliphatic heterocycles. The van der Waals surface area contributed by atoms with Crippen molar-refractivity contribution < 1.29 is 175 Å². The third kappa shape index (κ3) is 101. The molecule has 0 saturated carbocycles. The summed E-state index contributed by atoms with van der Waals surface area (Å²) in [5, 5.41) is 0. The molecule has 0 amide bonds. The third-order valence-electron chi connectivity index (χ3n) is 15.6. The molecule has 0 saturated heterocycles. The van der Waals surface area contributed by atoms with Gasteiger partial charge in [-0.3, -0.25) is 0 Å². The van der Waals surface area contributed by atoms with Gasteiger partial charge >= 0.3 is 0 Å². The highest BCUT2D eigenvalue weighted by molar-refractivity contribution is 5.14. The molecule has 0 N–H and O–H groups in total. The summed E-state index contributed by atoms with van der Waals surface area (Å²) < 4.78 is 205. The van der Waals surface area contributed by atoms with Crippen LogP contribution in [-0.4, -0.2) is 476 Å².